The number of ether oxygens (including phenoxy) is 1. The fourth-order valence-electron chi connectivity index (χ4n) is 2.16. The van der Waals surface area contributed by atoms with Crippen molar-refractivity contribution in [3.8, 4) is 5.75 Å². The van der Waals surface area contributed by atoms with Gasteiger partial charge < -0.3 is 16.2 Å². The first-order chi connectivity index (χ1) is 10.3. The van der Waals surface area contributed by atoms with Gasteiger partial charge in [0, 0.05) is 5.56 Å². The number of hydrogen-bond acceptors (Lipinski definition) is 2. The lowest BCUT2D eigenvalue weighted by Gasteiger charge is -2.15. The predicted molar refractivity (Wildman–Crippen MR) is 82.9 cm³/mol. The van der Waals surface area contributed by atoms with Crippen molar-refractivity contribution >= 4 is 35.0 Å². The topological polar surface area (TPSA) is 90.7 Å². The van der Waals surface area contributed by atoms with Gasteiger partial charge in [-0.2, -0.15) is 18.2 Å². The summed E-state index contributed by atoms with van der Waals surface area (Å²) in [7, 11) is 1.14. The van der Waals surface area contributed by atoms with Crippen molar-refractivity contribution < 1.29 is 22.7 Å². The summed E-state index contributed by atoms with van der Waals surface area (Å²) < 4.78 is 44.6. The normalized spacial score (nSPS) is 10.8. The highest BCUT2D eigenvalue weighted by Gasteiger charge is 2.36. The Kier molecular flexibility index (Phi) is 5.44. The maximum absolute atomic E-state index is 13.3. The maximum atomic E-state index is 13.3. The molecule has 23 heavy (non-hydrogen) atoms. The van der Waals surface area contributed by atoms with E-state index < -0.39 is 23.6 Å². The molecule has 0 aliphatic heterocycles. The van der Waals surface area contributed by atoms with Crippen molar-refractivity contribution in [2.45, 2.75) is 6.18 Å². The van der Waals surface area contributed by atoms with Crippen LogP contribution >= 0.6 is 12.4 Å². The van der Waals surface area contributed by atoms with Gasteiger partial charge in [0.05, 0.1) is 7.11 Å². The second kappa shape index (κ2) is 6.74. The van der Waals surface area contributed by atoms with Gasteiger partial charge in [-0.05, 0) is 29.0 Å². The largest absolute Gasteiger partial charge is 0.496 e. The molecule has 4 N–H and O–H groups in total. The summed E-state index contributed by atoms with van der Waals surface area (Å²) in [5.41, 5.74) is 9.27. The summed E-state index contributed by atoms with van der Waals surface area (Å²) in [5.74, 6) is -1.61. The van der Waals surface area contributed by atoms with Gasteiger partial charge >= 0.3 is 6.18 Å². The standard InChI is InChI=1S/C14H12F3N3O2.ClH/c1-22-10-6-5-7-8(11(10)14(15,16)17)3-2-4-9(7)12(21)20-13(18)19;/h2-6H,1H3,(H4,18,19,20,21);1H. The number of rotatable bonds is 2. The molecule has 0 unspecified atom stereocenters. The van der Waals surface area contributed by atoms with Crippen molar-refractivity contribution in [3.63, 3.8) is 0 Å². The Labute approximate surface area is 135 Å². The van der Waals surface area contributed by atoms with Crippen molar-refractivity contribution in [2.75, 3.05) is 7.11 Å². The third kappa shape index (κ3) is 3.65. The number of aliphatic imine (C=N–C) groups is 1. The van der Waals surface area contributed by atoms with Crippen LogP contribution in [0.15, 0.2) is 35.3 Å². The van der Waals surface area contributed by atoms with Crippen LogP contribution in [0.2, 0.25) is 0 Å². The number of benzene rings is 2. The van der Waals surface area contributed by atoms with E-state index >= 15 is 0 Å². The average Bonchev–Trinajstić information content (AvgIpc) is 2.43. The Morgan fingerprint density at radius 2 is 1.78 bits per heavy atom. The maximum Gasteiger partial charge on any atom is 0.420 e. The minimum absolute atomic E-state index is 0. The van der Waals surface area contributed by atoms with Crippen LogP contribution < -0.4 is 16.2 Å². The molecule has 0 aliphatic rings. The summed E-state index contributed by atoms with van der Waals surface area (Å²) in [6.45, 7) is 0. The summed E-state index contributed by atoms with van der Waals surface area (Å²) in [6.07, 6.45) is -4.64. The zero-order chi connectivity index (χ0) is 16.5. The molecule has 2 aromatic rings. The Bertz CT molecular complexity index is 772. The first kappa shape index (κ1) is 18.6. The molecule has 1 amide bonds. The molecule has 0 aliphatic carbocycles. The number of carbonyl (C=O) groups is 1. The summed E-state index contributed by atoms with van der Waals surface area (Å²) in [4.78, 5) is 15.3. The molecule has 0 aromatic heterocycles. The van der Waals surface area contributed by atoms with Gasteiger partial charge in [0.1, 0.15) is 11.3 Å². The molecule has 0 atom stereocenters. The van der Waals surface area contributed by atoms with Crippen LogP contribution in [0.4, 0.5) is 13.2 Å². The molecule has 0 saturated heterocycles. The molecule has 0 saturated carbocycles. The van der Waals surface area contributed by atoms with Crippen LogP contribution in [-0.4, -0.2) is 19.0 Å². The second-order valence-corrected chi connectivity index (χ2v) is 4.38. The first-order valence-corrected chi connectivity index (χ1v) is 6.06. The van der Waals surface area contributed by atoms with E-state index in [1.165, 1.54) is 24.3 Å². The number of nitrogens with zero attached hydrogens (tertiary/aromatic N) is 1. The number of hydrogen-bond donors (Lipinski definition) is 2. The average molecular weight is 348 g/mol. The number of halogens is 4. The molecule has 5 nitrogen and oxygen atoms in total. The number of guanidine groups is 1. The van der Waals surface area contributed by atoms with Gasteiger partial charge in [0.25, 0.3) is 5.91 Å². The fraction of sp³-hybridized carbons (Fsp3) is 0.143. The van der Waals surface area contributed by atoms with E-state index in [1.54, 1.807) is 0 Å². The van der Waals surface area contributed by atoms with E-state index in [9.17, 15) is 18.0 Å². The van der Waals surface area contributed by atoms with Gasteiger partial charge in [0.15, 0.2) is 5.96 Å². The van der Waals surface area contributed by atoms with Gasteiger partial charge in [0.2, 0.25) is 0 Å². The van der Waals surface area contributed by atoms with Crippen molar-refractivity contribution in [1.82, 2.24) is 0 Å². The molecule has 0 spiro atoms. The smallest absolute Gasteiger partial charge is 0.420 e. The van der Waals surface area contributed by atoms with Crippen LogP contribution in [0.3, 0.4) is 0 Å². The number of carbonyl (C=O) groups excluding carboxylic acids is 1. The van der Waals surface area contributed by atoms with Crippen molar-refractivity contribution in [1.29, 1.82) is 0 Å². The van der Waals surface area contributed by atoms with Gasteiger partial charge in [-0.1, -0.05) is 12.1 Å². The van der Waals surface area contributed by atoms with Gasteiger partial charge in [-0.15, -0.1) is 12.4 Å². The van der Waals surface area contributed by atoms with Crippen LogP contribution in [0.1, 0.15) is 15.9 Å². The van der Waals surface area contributed by atoms with E-state index in [2.05, 4.69) is 4.99 Å². The zero-order valence-electron chi connectivity index (χ0n) is 11.8. The minimum Gasteiger partial charge on any atom is -0.496 e. The highest BCUT2D eigenvalue weighted by Crippen LogP contribution is 2.41. The van der Waals surface area contributed by atoms with E-state index in [0.29, 0.717) is 0 Å². The second-order valence-electron chi connectivity index (χ2n) is 4.38. The lowest BCUT2D eigenvalue weighted by atomic mass is 9.98. The summed E-state index contributed by atoms with van der Waals surface area (Å²) in [5, 5.41) is -0.0749. The van der Waals surface area contributed by atoms with Gasteiger partial charge in [-0.25, -0.2) is 0 Å². The number of alkyl halides is 3. The quantitative estimate of drug-likeness (QED) is 0.645. The number of nitrogens with two attached hydrogens (primary N) is 2. The Morgan fingerprint density at radius 3 is 2.30 bits per heavy atom. The molecule has 9 heteroatoms. The predicted octanol–water partition coefficient (Wildman–Crippen LogP) is 2.70. The number of fused-ring (bicyclic) bond motifs is 1. The number of methoxy groups -OCH3 is 1. The molecule has 2 aromatic carbocycles. The third-order valence-corrected chi connectivity index (χ3v) is 2.99. The highest BCUT2D eigenvalue weighted by atomic mass is 35.5. The van der Waals surface area contributed by atoms with Gasteiger partial charge in [-0.3, -0.25) is 4.79 Å². The van der Waals surface area contributed by atoms with Crippen molar-refractivity contribution in [3.05, 3.63) is 41.5 Å². The molecule has 0 heterocycles. The highest BCUT2D eigenvalue weighted by molar-refractivity contribution is 6.11. The monoisotopic (exact) mass is 347 g/mol. The van der Waals surface area contributed by atoms with E-state index in [1.807, 2.05) is 0 Å². The summed E-state index contributed by atoms with van der Waals surface area (Å²) in [6, 6.07) is 6.44. The van der Waals surface area contributed by atoms with Crippen molar-refractivity contribution in [2.24, 2.45) is 16.5 Å². The molecular formula is C14H13ClF3N3O2. The molecule has 124 valence electrons. The molecule has 2 rings (SSSR count). The lowest BCUT2D eigenvalue weighted by molar-refractivity contribution is -0.137. The molecule has 0 fully saturated rings. The SMILES string of the molecule is COc1ccc2c(C(=O)N=C(N)N)cccc2c1C(F)(F)F.Cl. The molecular weight excluding hydrogens is 335 g/mol. The zero-order valence-corrected chi connectivity index (χ0v) is 12.7. The van der Waals surface area contributed by atoms with Crippen LogP contribution in [-0.2, 0) is 6.18 Å². The lowest BCUT2D eigenvalue weighted by Crippen LogP contribution is -2.24. The molecule has 0 bridgehead atoms. The molecule has 0 radical (unpaired) electrons. The van der Waals surface area contributed by atoms with Crippen LogP contribution in [0.5, 0.6) is 5.75 Å². The Hall–Kier alpha value is -2.48. The third-order valence-electron chi connectivity index (χ3n) is 2.99. The Balaban J connectivity index is 0.00000264. The van der Waals surface area contributed by atoms with E-state index in [0.717, 1.165) is 13.2 Å². The Morgan fingerprint density at radius 1 is 1.13 bits per heavy atom. The van der Waals surface area contributed by atoms with Crippen LogP contribution in [0, 0.1) is 0 Å². The number of amides is 1. The van der Waals surface area contributed by atoms with E-state index in [-0.39, 0.29) is 34.5 Å². The fourth-order valence-corrected chi connectivity index (χ4v) is 2.16. The summed E-state index contributed by atoms with van der Waals surface area (Å²) >= 11 is 0. The minimum atomic E-state index is -4.64. The van der Waals surface area contributed by atoms with Crippen LogP contribution in [0.25, 0.3) is 10.8 Å². The van der Waals surface area contributed by atoms with E-state index in [4.69, 9.17) is 16.2 Å². The first-order valence-electron chi connectivity index (χ1n) is 6.06.